The molecule has 0 amide bonds. The number of hydrogen-bond acceptors (Lipinski definition) is 2. The standard InChI is InChI=1S/C10H10BrN3.H2O/c1-6-9(12)10(14-13-6)7-2-4-8(11)5-3-7;/h2-5H,12H2,1H3,(H,13,14);1H2. The number of hydrogen-bond donors (Lipinski definition) is 2. The van der Waals surface area contributed by atoms with Crippen LogP contribution in [0.3, 0.4) is 0 Å². The molecule has 2 rings (SSSR count). The summed E-state index contributed by atoms with van der Waals surface area (Å²) in [5.41, 5.74) is 9.33. The number of benzene rings is 1. The number of aromatic amines is 1. The minimum absolute atomic E-state index is 0. The van der Waals surface area contributed by atoms with Crippen molar-refractivity contribution in [1.82, 2.24) is 10.2 Å². The first kappa shape index (κ1) is 11.7. The third kappa shape index (κ3) is 2.19. The number of anilines is 1. The minimum atomic E-state index is 0. The molecule has 0 atom stereocenters. The lowest BCUT2D eigenvalue weighted by Crippen LogP contribution is -1.88. The number of nitrogens with zero attached hydrogens (tertiary/aromatic N) is 1. The van der Waals surface area contributed by atoms with E-state index in [-0.39, 0.29) is 5.48 Å². The first-order valence-corrected chi connectivity index (χ1v) is 5.04. The normalized spacial score (nSPS) is 9.73. The highest BCUT2D eigenvalue weighted by atomic mass is 79.9. The van der Waals surface area contributed by atoms with Gasteiger partial charge in [0.25, 0.3) is 0 Å². The van der Waals surface area contributed by atoms with Crippen LogP contribution in [0.15, 0.2) is 28.7 Å². The fourth-order valence-electron chi connectivity index (χ4n) is 1.27. The highest BCUT2D eigenvalue weighted by molar-refractivity contribution is 9.10. The molecule has 0 spiro atoms. The van der Waals surface area contributed by atoms with Crippen LogP contribution in [-0.4, -0.2) is 15.7 Å². The van der Waals surface area contributed by atoms with Gasteiger partial charge in [-0.25, -0.2) is 0 Å². The minimum Gasteiger partial charge on any atom is -0.412 e. The summed E-state index contributed by atoms with van der Waals surface area (Å²) in [5.74, 6) is 0. The van der Waals surface area contributed by atoms with Gasteiger partial charge in [-0.3, -0.25) is 5.10 Å². The molecule has 1 heterocycles. The van der Waals surface area contributed by atoms with E-state index in [0.29, 0.717) is 5.69 Å². The Morgan fingerprint density at radius 1 is 1.27 bits per heavy atom. The van der Waals surface area contributed by atoms with Gasteiger partial charge in [0.2, 0.25) is 0 Å². The highest BCUT2D eigenvalue weighted by Crippen LogP contribution is 2.26. The second kappa shape index (κ2) is 4.46. The molecule has 0 aliphatic heterocycles. The van der Waals surface area contributed by atoms with Gasteiger partial charge in [0, 0.05) is 10.0 Å². The number of aryl methyl sites for hydroxylation is 1. The summed E-state index contributed by atoms with van der Waals surface area (Å²) in [5, 5.41) is 7.01. The Morgan fingerprint density at radius 3 is 2.33 bits per heavy atom. The zero-order valence-corrected chi connectivity index (χ0v) is 9.80. The third-order valence-electron chi connectivity index (χ3n) is 2.11. The summed E-state index contributed by atoms with van der Waals surface area (Å²) in [6.07, 6.45) is 0. The molecule has 0 saturated heterocycles. The zero-order chi connectivity index (χ0) is 10.1. The van der Waals surface area contributed by atoms with E-state index in [0.717, 1.165) is 21.4 Å². The van der Waals surface area contributed by atoms with Crippen molar-refractivity contribution >= 4 is 21.6 Å². The Hall–Kier alpha value is -1.33. The van der Waals surface area contributed by atoms with Crippen LogP contribution in [0, 0.1) is 6.92 Å². The van der Waals surface area contributed by atoms with Crippen LogP contribution in [-0.2, 0) is 0 Å². The summed E-state index contributed by atoms with van der Waals surface area (Å²) in [4.78, 5) is 0. The smallest absolute Gasteiger partial charge is 0.115 e. The molecule has 0 saturated carbocycles. The first-order valence-electron chi connectivity index (χ1n) is 4.25. The number of nitrogens with two attached hydrogens (primary N) is 1. The van der Waals surface area contributed by atoms with Gasteiger partial charge in [-0.15, -0.1) is 0 Å². The number of nitrogen functional groups attached to an aromatic ring is 1. The van der Waals surface area contributed by atoms with Crippen molar-refractivity contribution in [2.45, 2.75) is 6.92 Å². The van der Waals surface area contributed by atoms with E-state index in [1.54, 1.807) is 0 Å². The summed E-state index contributed by atoms with van der Waals surface area (Å²) >= 11 is 3.38. The fourth-order valence-corrected chi connectivity index (χ4v) is 1.53. The molecule has 15 heavy (non-hydrogen) atoms. The highest BCUT2D eigenvalue weighted by Gasteiger charge is 2.07. The molecule has 0 radical (unpaired) electrons. The summed E-state index contributed by atoms with van der Waals surface area (Å²) in [6, 6.07) is 7.91. The van der Waals surface area contributed by atoms with Gasteiger partial charge in [-0.05, 0) is 19.1 Å². The van der Waals surface area contributed by atoms with Gasteiger partial charge >= 0.3 is 0 Å². The van der Waals surface area contributed by atoms with Gasteiger partial charge in [0.15, 0.2) is 0 Å². The number of nitrogens with one attached hydrogen (secondary N) is 1. The first-order chi connectivity index (χ1) is 6.68. The van der Waals surface area contributed by atoms with Gasteiger partial charge in [-0.1, -0.05) is 28.1 Å². The van der Waals surface area contributed by atoms with Gasteiger partial charge in [-0.2, -0.15) is 5.10 Å². The van der Waals surface area contributed by atoms with E-state index >= 15 is 0 Å². The van der Waals surface area contributed by atoms with E-state index < -0.39 is 0 Å². The summed E-state index contributed by atoms with van der Waals surface area (Å²) in [6.45, 7) is 1.91. The Balaban J connectivity index is 0.00000112. The molecule has 0 aliphatic carbocycles. The molecule has 0 aliphatic rings. The molecule has 5 N–H and O–H groups in total. The molecular weight excluding hydrogens is 258 g/mol. The van der Waals surface area contributed by atoms with Crippen LogP contribution in [0.5, 0.6) is 0 Å². The molecule has 2 aromatic rings. The second-order valence-electron chi connectivity index (χ2n) is 3.12. The largest absolute Gasteiger partial charge is 0.412 e. The summed E-state index contributed by atoms with van der Waals surface area (Å²) < 4.78 is 1.05. The average Bonchev–Trinajstić information content (AvgIpc) is 2.50. The lowest BCUT2D eigenvalue weighted by Gasteiger charge is -1.98. The predicted molar refractivity (Wildman–Crippen MR) is 64.5 cm³/mol. The monoisotopic (exact) mass is 269 g/mol. The molecule has 0 fully saturated rings. The number of rotatable bonds is 1. The molecule has 80 valence electrons. The van der Waals surface area contributed by atoms with E-state index in [9.17, 15) is 0 Å². The molecule has 1 aromatic heterocycles. The number of aromatic nitrogens is 2. The molecule has 0 unspecified atom stereocenters. The van der Waals surface area contributed by atoms with Crippen molar-refractivity contribution in [3.8, 4) is 11.3 Å². The Kier molecular flexibility index (Phi) is 3.49. The van der Waals surface area contributed by atoms with Crippen LogP contribution in [0.1, 0.15) is 5.69 Å². The van der Waals surface area contributed by atoms with E-state index in [1.807, 2.05) is 31.2 Å². The lowest BCUT2D eigenvalue weighted by molar-refractivity contribution is 0.824. The number of H-pyrrole nitrogens is 1. The molecule has 5 heteroatoms. The van der Waals surface area contributed by atoms with E-state index in [2.05, 4.69) is 26.1 Å². The van der Waals surface area contributed by atoms with Crippen LogP contribution >= 0.6 is 15.9 Å². The fraction of sp³-hybridized carbons (Fsp3) is 0.100. The predicted octanol–water partition coefficient (Wildman–Crippen LogP) is 1.91. The Labute approximate surface area is 95.9 Å². The third-order valence-corrected chi connectivity index (χ3v) is 2.64. The van der Waals surface area contributed by atoms with Crippen LogP contribution in [0.4, 0.5) is 5.69 Å². The lowest BCUT2D eigenvalue weighted by atomic mass is 10.1. The molecule has 4 nitrogen and oxygen atoms in total. The van der Waals surface area contributed by atoms with Gasteiger partial charge in [0.1, 0.15) is 5.69 Å². The number of halogens is 1. The van der Waals surface area contributed by atoms with Crippen molar-refractivity contribution in [3.05, 3.63) is 34.4 Å². The van der Waals surface area contributed by atoms with Gasteiger partial charge < -0.3 is 11.2 Å². The SMILES string of the molecule is Cc1[nH]nc(-c2ccc(Br)cc2)c1N.O. The topological polar surface area (TPSA) is 86.2 Å². The van der Waals surface area contributed by atoms with Crippen molar-refractivity contribution in [2.24, 2.45) is 0 Å². The quantitative estimate of drug-likeness (QED) is 0.829. The molecular formula is C10H12BrN3O. The zero-order valence-electron chi connectivity index (χ0n) is 8.21. The molecule has 0 bridgehead atoms. The van der Waals surface area contributed by atoms with Crippen LogP contribution in [0.2, 0.25) is 0 Å². The maximum absolute atomic E-state index is 5.87. The Bertz CT molecular complexity index is 450. The van der Waals surface area contributed by atoms with Crippen molar-refractivity contribution in [3.63, 3.8) is 0 Å². The van der Waals surface area contributed by atoms with Crippen LogP contribution in [0.25, 0.3) is 11.3 Å². The van der Waals surface area contributed by atoms with Crippen molar-refractivity contribution in [1.29, 1.82) is 0 Å². The van der Waals surface area contributed by atoms with E-state index in [1.165, 1.54) is 0 Å². The van der Waals surface area contributed by atoms with Gasteiger partial charge in [0.05, 0.1) is 11.4 Å². The maximum atomic E-state index is 5.87. The Morgan fingerprint density at radius 2 is 1.87 bits per heavy atom. The summed E-state index contributed by atoms with van der Waals surface area (Å²) in [7, 11) is 0. The van der Waals surface area contributed by atoms with E-state index in [4.69, 9.17) is 5.73 Å². The van der Waals surface area contributed by atoms with Crippen molar-refractivity contribution < 1.29 is 5.48 Å². The maximum Gasteiger partial charge on any atom is 0.115 e. The van der Waals surface area contributed by atoms with Crippen LogP contribution < -0.4 is 5.73 Å². The van der Waals surface area contributed by atoms with Crippen molar-refractivity contribution in [2.75, 3.05) is 5.73 Å². The average molecular weight is 270 g/mol. The molecule has 1 aromatic carbocycles. The second-order valence-corrected chi connectivity index (χ2v) is 4.03.